The van der Waals surface area contributed by atoms with Crippen LogP contribution in [0.15, 0.2) is 60.9 Å². The second-order valence-electron chi connectivity index (χ2n) is 7.96. The van der Waals surface area contributed by atoms with Crippen molar-refractivity contribution >= 4 is 11.6 Å². The molecule has 0 N–H and O–H groups in total. The number of halogens is 3. The van der Waals surface area contributed by atoms with Crippen LogP contribution < -0.4 is 9.64 Å². The van der Waals surface area contributed by atoms with E-state index in [4.69, 9.17) is 10.00 Å². The first-order chi connectivity index (χ1) is 16.3. The van der Waals surface area contributed by atoms with Crippen molar-refractivity contribution in [1.82, 2.24) is 14.7 Å². The van der Waals surface area contributed by atoms with Crippen molar-refractivity contribution in [3.05, 3.63) is 77.6 Å². The van der Waals surface area contributed by atoms with Crippen molar-refractivity contribution in [2.24, 2.45) is 7.05 Å². The number of piperazine rings is 1. The number of aromatic nitrogens is 2. The van der Waals surface area contributed by atoms with E-state index in [2.05, 4.69) is 5.10 Å². The Balaban J connectivity index is 1.59. The van der Waals surface area contributed by atoms with Crippen LogP contribution in [0.5, 0.6) is 5.75 Å². The maximum absolute atomic E-state index is 13.5. The first-order valence-electron chi connectivity index (χ1n) is 10.6. The molecule has 7 nitrogen and oxygen atoms in total. The van der Waals surface area contributed by atoms with Gasteiger partial charge in [0.2, 0.25) is 0 Å². The Morgan fingerprint density at radius 2 is 1.97 bits per heavy atom. The van der Waals surface area contributed by atoms with Gasteiger partial charge in [-0.15, -0.1) is 0 Å². The van der Waals surface area contributed by atoms with Gasteiger partial charge in [0.1, 0.15) is 12.4 Å². The van der Waals surface area contributed by atoms with Gasteiger partial charge in [0.05, 0.1) is 35.0 Å². The Kier molecular flexibility index (Phi) is 6.45. The van der Waals surface area contributed by atoms with Gasteiger partial charge in [-0.05, 0) is 30.3 Å². The number of ether oxygens (including phenoxy) is 1. The van der Waals surface area contributed by atoms with Gasteiger partial charge in [-0.1, -0.05) is 18.2 Å². The quantitative estimate of drug-likeness (QED) is 0.570. The monoisotopic (exact) mass is 469 g/mol. The van der Waals surface area contributed by atoms with E-state index in [0.29, 0.717) is 23.5 Å². The second-order valence-corrected chi connectivity index (χ2v) is 7.96. The van der Waals surface area contributed by atoms with E-state index in [1.54, 1.807) is 41.2 Å². The predicted molar refractivity (Wildman–Crippen MR) is 118 cm³/mol. The summed E-state index contributed by atoms with van der Waals surface area (Å²) >= 11 is 0. The normalized spacial score (nSPS) is 16.3. The molecule has 1 fully saturated rings. The van der Waals surface area contributed by atoms with E-state index in [1.165, 1.54) is 23.0 Å². The summed E-state index contributed by atoms with van der Waals surface area (Å²) in [5.74, 6) is 0.413. The van der Waals surface area contributed by atoms with E-state index in [0.717, 1.165) is 6.07 Å². The molecule has 0 bridgehead atoms. The predicted octanol–water partition coefficient (Wildman–Crippen LogP) is 3.72. The van der Waals surface area contributed by atoms with Crippen molar-refractivity contribution in [3.63, 3.8) is 0 Å². The van der Waals surface area contributed by atoms with Crippen LogP contribution in [0, 0.1) is 11.3 Å². The van der Waals surface area contributed by atoms with Gasteiger partial charge in [-0.25, -0.2) is 0 Å². The van der Waals surface area contributed by atoms with Crippen molar-refractivity contribution in [3.8, 4) is 11.8 Å². The summed E-state index contributed by atoms with van der Waals surface area (Å²) in [5, 5.41) is 13.1. The molecule has 3 aromatic rings. The van der Waals surface area contributed by atoms with Crippen molar-refractivity contribution in [2.45, 2.75) is 12.2 Å². The smallest absolute Gasteiger partial charge is 0.417 e. The number of alkyl halides is 3. The van der Waals surface area contributed by atoms with Crippen molar-refractivity contribution in [2.75, 3.05) is 31.1 Å². The molecule has 1 aromatic heterocycles. The standard InChI is InChI=1S/C24H22F3N5O2/c1-30-14-18(13-29-30)23(33)32-10-9-31(15-20(32)16-34-21-5-3-2-4-6-21)19-8-7-17(12-28)22(11-19)24(25,26)27/h2-8,11,13-14,20H,9-10,15-16H2,1H3. The average molecular weight is 469 g/mol. The molecule has 2 aromatic carbocycles. The highest BCUT2D eigenvalue weighted by atomic mass is 19.4. The molecular weight excluding hydrogens is 447 g/mol. The van der Waals surface area contributed by atoms with Crippen LogP contribution in [-0.4, -0.2) is 52.9 Å². The molecule has 2 heterocycles. The SMILES string of the molecule is Cn1cc(C(=O)N2CCN(c3ccc(C#N)c(C(F)(F)F)c3)CC2COc2ccccc2)cn1. The topological polar surface area (TPSA) is 74.4 Å². The van der Waals surface area contributed by atoms with E-state index < -0.39 is 23.3 Å². The zero-order valence-electron chi connectivity index (χ0n) is 18.4. The van der Waals surface area contributed by atoms with Gasteiger partial charge in [-0.2, -0.15) is 23.5 Å². The van der Waals surface area contributed by atoms with Gasteiger partial charge in [0.25, 0.3) is 5.91 Å². The minimum Gasteiger partial charge on any atom is -0.491 e. The third-order valence-electron chi connectivity index (χ3n) is 5.68. The summed E-state index contributed by atoms with van der Waals surface area (Å²) in [6.07, 6.45) is -1.53. The molecule has 1 saturated heterocycles. The fraction of sp³-hybridized carbons (Fsp3) is 0.292. The molecule has 176 valence electrons. The Bertz CT molecular complexity index is 1200. The summed E-state index contributed by atoms with van der Waals surface area (Å²) in [7, 11) is 1.72. The van der Waals surface area contributed by atoms with E-state index in [-0.39, 0.29) is 25.6 Å². The molecule has 0 radical (unpaired) electrons. The Morgan fingerprint density at radius 1 is 1.21 bits per heavy atom. The lowest BCUT2D eigenvalue weighted by Crippen LogP contribution is -2.57. The molecule has 1 amide bonds. The number of hydrogen-bond acceptors (Lipinski definition) is 5. The highest BCUT2D eigenvalue weighted by molar-refractivity contribution is 5.94. The van der Waals surface area contributed by atoms with E-state index in [1.807, 2.05) is 18.2 Å². The molecule has 34 heavy (non-hydrogen) atoms. The molecule has 4 rings (SSSR count). The first-order valence-corrected chi connectivity index (χ1v) is 10.6. The minimum atomic E-state index is -4.64. The first kappa shape index (κ1) is 23.2. The summed E-state index contributed by atoms with van der Waals surface area (Å²) in [6.45, 7) is 1.05. The molecule has 0 saturated carbocycles. The lowest BCUT2D eigenvalue weighted by molar-refractivity contribution is -0.137. The van der Waals surface area contributed by atoms with Gasteiger partial charge < -0.3 is 14.5 Å². The van der Waals surface area contributed by atoms with Gasteiger partial charge in [-0.3, -0.25) is 9.48 Å². The molecule has 1 unspecified atom stereocenters. The third kappa shape index (κ3) is 4.98. The minimum absolute atomic E-state index is 0.162. The largest absolute Gasteiger partial charge is 0.491 e. The third-order valence-corrected chi connectivity index (χ3v) is 5.68. The molecule has 1 aliphatic rings. The highest BCUT2D eigenvalue weighted by Gasteiger charge is 2.36. The lowest BCUT2D eigenvalue weighted by atomic mass is 10.0. The number of hydrogen-bond donors (Lipinski definition) is 0. The van der Waals surface area contributed by atoms with E-state index >= 15 is 0 Å². The fourth-order valence-corrected chi connectivity index (χ4v) is 3.97. The summed E-state index contributed by atoms with van der Waals surface area (Å²) in [6, 6.07) is 14.0. The summed E-state index contributed by atoms with van der Waals surface area (Å²) < 4.78 is 47.9. The van der Waals surface area contributed by atoms with Crippen molar-refractivity contribution in [1.29, 1.82) is 5.26 Å². The van der Waals surface area contributed by atoms with Crippen LogP contribution >= 0.6 is 0 Å². The van der Waals surface area contributed by atoms with Crippen LogP contribution in [0.1, 0.15) is 21.5 Å². The second kappa shape index (κ2) is 9.47. The molecule has 1 aliphatic heterocycles. The number of amides is 1. The number of carbonyl (C=O) groups excluding carboxylic acids is 1. The number of para-hydroxylation sites is 1. The average Bonchev–Trinajstić information content (AvgIpc) is 3.28. The lowest BCUT2D eigenvalue weighted by Gasteiger charge is -2.42. The van der Waals surface area contributed by atoms with Crippen LogP contribution in [-0.2, 0) is 13.2 Å². The Hall–Kier alpha value is -4.00. The number of nitrogens with zero attached hydrogens (tertiary/aromatic N) is 5. The van der Waals surface area contributed by atoms with Crippen molar-refractivity contribution < 1.29 is 22.7 Å². The summed E-state index contributed by atoms with van der Waals surface area (Å²) in [5.41, 5.74) is -0.632. The van der Waals surface area contributed by atoms with Crippen LogP contribution in [0.2, 0.25) is 0 Å². The highest BCUT2D eigenvalue weighted by Crippen LogP contribution is 2.35. The zero-order valence-corrected chi connectivity index (χ0v) is 18.4. The van der Waals surface area contributed by atoms with Crippen LogP contribution in [0.4, 0.5) is 18.9 Å². The van der Waals surface area contributed by atoms with Gasteiger partial charge in [0.15, 0.2) is 0 Å². The number of benzene rings is 2. The number of anilines is 1. The molecule has 1 atom stereocenters. The summed E-state index contributed by atoms with van der Waals surface area (Å²) in [4.78, 5) is 16.6. The molecule has 0 spiro atoms. The van der Waals surface area contributed by atoms with Gasteiger partial charge in [0, 0.05) is 38.6 Å². The zero-order chi connectivity index (χ0) is 24.3. The number of aryl methyl sites for hydroxylation is 1. The maximum atomic E-state index is 13.5. The van der Waals surface area contributed by atoms with Crippen LogP contribution in [0.25, 0.3) is 0 Å². The Morgan fingerprint density at radius 3 is 2.62 bits per heavy atom. The molecule has 0 aliphatic carbocycles. The number of carbonyl (C=O) groups is 1. The molecule has 10 heteroatoms. The maximum Gasteiger partial charge on any atom is 0.417 e. The van der Waals surface area contributed by atoms with Gasteiger partial charge >= 0.3 is 6.18 Å². The number of nitriles is 1. The number of rotatable bonds is 5. The fourth-order valence-electron chi connectivity index (χ4n) is 3.97. The van der Waals surface area contributed by atoms with E-state index in [9.17, 15) is 18.0 Å². The molecular formula is C24H22F3N5O2. The Labute approximate surface area is 194 Å². The van der Waals surface area contributed by atoms with Crippen LogP contribution in [0.3, 0.4) is 0 Å².